The van der Waals surface area contributed by atoms with Crippen molar-refractivity contribution in [3.05, 3.63) is 59.7 Å². The Bertz CT molecular complexity index is 600. The molecule has 0 aromatic heterocycles. The van der Waals surface area contributed by atoms with Crippen LogP contribution in [0.3, 0.4) is 0 Å². The van der Waals surface area contributed by atoms with E-state index in [-0.39, 0.29) is 6.10 Å². The summed E-state index contributed by atoms with van der Waals surface area (Å²) in [5.41, 5.74) is 8.79. The van der Waals surface area contributed by atoms with Gasteiger partial charge in [-0.15, -0.1) is 0 Å². The molecule has 4 heteroatoms. The summed E-state index contributed by atoms with van der Waals surface area (Å²) in [5, 5.41) is 3.38. The second kappa shape index (κ2) is 5.51. The van der Waals surface area contributed by atoms with Gasteiger partial charge in [-0.3, -0.25) is 0 Å². The number of hydrogen-bond acceptors (Lipinski definition) is 3. The van der Waals surface area contributed by atoms with Crippen molar-refractivity contribution in [2.75, 3.05) is 11.9 Å². The molecule has 20 heavy (non-hydrogen) atoms. The Balaban J connectivity index is 1.57. The van der Waals surface area contributed by atoms with E-state index in [0.29, 0.717) is 4.99 Å². The summed E-state index contributed by atoms with van der Waals surface area (Å²) in [6, 6.07) is 16.0. The third-order valence-corrected chi connectivity index (χ3v) is 3.65. The number of hydrogen-bond donors (Lipinski definition) is 2. The molecule has 0 amide bonds. The molecule has 1 heterocycles. The number of anilines is 1. The summed E-state index contributed by atoms with van der Waals surface area (Å²) in [4.78, 5) is 0.422. The molecular weight excluding hydrogens is 268 g/mol. The van der Waals surface area contributed by atoms with Gasteiger partial charge in [-0.05, 0) is 35.9 Å². The molecule has 1 unspecified atom stereocenters. The first-order valence-corrected chi connectivity index (χ1v) is 7.01. The van der Waals surface area contributed by atoms with Crippen LogP contribution in [-0.4, -0.2) is 17.6 Å². The minimum atomic E-state index is 0.183. The predicted molar refractivity (Wildman–Crippen MR) is 85.4 cm³/mol. The maximum absolute atomic E-state index is 5.89. The molecule has 0 saturated heterocycles. The van der Waals surface area contributed by atoms with Crippen molar-refractivity contribution in [1.82, 2.24) is 0 Å². The predicted octanol–water partition coefficient (Wildman–Crippen LogP) is 2.74. The van der Waals surface area contributed by atoms with Crippen LogP contribution in [0.2, 0.25) is 0 Å². The molecule has 3 rings (SSSR count). The first-order chi connectivity index (χ1) is 9.72. The summed E-state index contributed by atoms with van der Waals surface area (Å²) in [6.45, 7) is 0.779. The standard InChI is InChI=1S/C16H16N2OS/c17-16(20)11-5-7-13(8-6-11)18-10-14-9-12-3-1-2-4-15(12)19-14/h1-8,14,18H,9-10H2,(H2,17,20). The summed E-state index contributed by atoms with van der Waals surface area (Å²) in [7, 11) is 0. The molecule has 0 spiro atoms. The average Bonchev–Trinajstić information content (AvgIpc) is 2.88. The Morgan fingerprint density at radius 1 is 1.20 bits per heavy atom. The van der Waals surface area contributed by atoms with Crippen LogP contribution in [0.25, 0.3) is 0 Å². The van der Waals surface area contributed by atoms with Crippen LogP contribution < -0.4 is 15.8 Å². The Hall–Kier alpha value is -2.07. The molecule has 1 aliphatic rings. The van der Waals surface area contributed by atoms with Crippen LogP contribution in [0.4, 0.5) is 5.69 Å². The van der Waals surface area contributed by atoms with E-state index in [1.807, 2.05) is 42.5 Å². The SMILES string of the molecule is NC(=S)c1ccc(NCC2Cc3ccccc3O2)cc1. The fourth-order valence-corrected chi connectivity index (χ4v) is 2.49. The van der Waals surface area contributed by atoms with Crippen molar-refractivity contribution in [3.63, 3.8) is 0 Å². The molecule has 1 aliphatic heterocycles. The Morgan fingerprint density at radius 2 is 1.95 bits per heavy atom. The van der Waals surface area contributed by atoms with Gasteiger partial charge in [0.2, 0.25) is 0 Å². The minimum Gasteiger partial charge on any atom is -0.488 e. The number of rotatable bonds is 4. The molecule has 0 fully saturated rings. The smallest absolute Gasteiger partial charge is 0.123 e. The van der Waals surface area contributed by atoms with Crippen LogP contribution in [-0.2, 0) is 6.42 Å². The van der Waals surface area contributed by atoms with Gasteiger partial charge in [-0.25, -0.2) is 0 Å². The zero-order valence-electron chi connectivity index (χ0n) is 11.0. The van der Waals surface area contributed by atoms with Crippen molar-refractivity contribution < 1.29 is 4.74 Å². The first-order valence-electron chi connectivity index (χ1n) is 6.60. The third-order valence-electron chi connectivity index (χ3n) is 3.42. The highest BCUT2D eigenvalue weighted by molar-refractivity contribution is 7.80. The van der Waals surface area contributed by atoms with E-state index in [0.717, 1.165) is 30.0 Å². The lowest BCUT2D eigenvalue weighted by atomic mass is 10.1. The van der Waals surface area contributed by atoms with Gasteiger partial charge in [0, 0.05) is 17.7 Å². The summed E-state index contributed by atoms with van der Waals surface area (Å²) in [5.74, 6) is 1.00. The lowest BCUT2D eigenvalue weighted by Gasteiger charge is -2.13. The maximum Gasteiger partial charge on any atom is 0.123 e. The highest BCUT2D eigenvalue weighted by Gasteiger charge is 2.21. The van der Waals surface area contributed by atoms with E-state index in [1.165, 1.54) is 5.56 Å². The fourth-order valence-electron chi connectivity index (χ4n) is 2.35. The normalized spacial score (nSPS) is 16.3. The molecule has 0 saturated carbocycles. The van der Waals surface area contributed by atoms with Crippen LogP contribution >= 0.6 is 12.2 Å². The Labute approximate surface area is 123 Å². The Kier molecular flexibility index (Phi) is 3.56. The molecule has 2 aromatic rings. The number of benzene rings is 2. The summed E-state index contributed by atoms with van der Waals surface area (Å²) >= 11 is 4.93. The van der Waals surface area contributed by atoms with Crippen molar-refractivity contribution in [3.8, 4) is 5.75 Å². The van der Waals surface area contributed by atoms with Gasteiger partial charge in [0.15, 0.2) is 0 Å². The minimum absolute atomic E-state index is 0.183. The van der Waals surface area contributed by atoms with Crippen molar-refractivity contribution >= 4 is 22.9 Å². The molecule has 3 N–H and O–H groups in total. The zero-order chi connectivity index (χ0) is 13.9. The van der Waals surface area contributed by atoms with Gasteiger partial charge in [0.25, 0.3) is 0 Å². The monoisotopic (exact) mass is 284 g/mol. The van der Waals surface area contributed by atoms with Gasteiger partial charge in [-0.2, -0.15) is 0 Å². The lowest BCUT2D eigenvalue weighted by Crippen LogP contribution is -2.24. The largest absolute Gasteiger partial charge is 0.488 e. The van der Waals surface area contributed by atoms with E-state index in [9.17, 15) is 0 Å². The van der Waals surface area contributed by atoms with Crippen molar-refractivity contribution in [2.24, 2.45) is 5.73 Å². The number of nitrogens with two attached hydrogens (primary N) is 1. The Morgan fingerprint density at radius 3 is 2.65 bits per heavy atom. The van der Waals surface area contributed by atoms with Crippen molar-refractivity contribution in [2.45, 2.75) is 12.5 Å². The molecule has 0 bridgehead atoms. The average molecular weight is 284 g/mol. The number of fused-ring (bicyclic) bond motifs is 1. The third kappa shape index (κ3) is 2.75. The van der Waals surface area contributed by atoms with Crippen LogP contribution in [0.15, 0.2) is 48.5 Å². The van der Waals surface area contributed by atoms with Crippen molar-refractivity contribution in [1.29, 1.82) is 0 Å². The molecule has 1 atom stereocenters. The van der Waals surface area contributed by atoms with E-state index in [2.05, 4.69) is 11.4 Å². The second-order valence-electron chi connectivity index (χ2n) is 4.87. The fraction of sp³-hybridized carbons (Fsp3) is 0.188. The highest BCUT2D eigenvalue weighted by Crippen LogP contribution is 2.28. The van der Waals surface area contributed by atoms with E-state index in [1.54, 1.807) is 0 Å². The van der Waals surface area contributed by atoms with Gasteiger partial charge >= 0.3 is 0 Å². The highest BCUT2D eigenvalue weighted by atomic mass is 32.1. The molecule has 0 radical (unpaired) electrons. The molecular formula is C16H16N2OS. The lowest BCUT2D eigenvalue weighted by molar-refractivity contribution is 0.246. The zero-order valence-corrected chi connectivity index (χ0v) is 11.8. The summed E-state index contributed by atoms with van der Waals surface area (Å²) in [6.07, 6.45) is 1.14. The topological polar surface area (TPSA) is 47.3 Å². The van der Waals surface area contributed by atoms with Gasteiger partial charge < -0.3 is 15.8 Å². The van der Waals surface area contributed by atoms with Gasteiger partial charge in [0.1, 0.15) is 16.8 Å². The quantitative estimate of drug-likeness (QED) is 0.848. The maximum atomic E-state index is 5.89. The second-order valence-corrected chi connectivity index (χ2v) is 5.31. The number of nitrogens with one attached hydrogen (secondary N) is 1. The summed E-state index contributed by atoms with van der Waals surface area (Å²) < 4.78 is 5.89. The molecule has 2 aromatic carbocycles. The van der Waals surface area contributed by atoms with Crippen LogP contribution in [0.5, 0.6) is 5.75 Å². The molecule has 3 nitrogen and oxygen atoms in total. The molecule has 102 valence electrons. The van der Waals surface area contributed by atoms with Gasteiger partial charge in [0.05, 0.1) is 6.54 Å². The van der Waals surface area contributed by atoms with E-state index < -0.39 is 0 Å². The van der Waals surface area contributed by atoms with Gasteiger partial charge in [-0.1, -0.05) is 30.4 Å². The van der Waals surface area contributed by atoms with E-state index >= 15 is 0 Å². The number of ether oxygens (including phenoxy) is 1. The first kappa shape index (κ1) is 12.9. The molecule has 0 aliphatic carbocycles. The van der Waals surface area contributed by atoms with Crippen LogP contribution in [0, 0.1) is 0 Å². The van der Waals surface area contributed by atoms with Crippen LogP contribution in [0.1, 0.15) is 11.1 Å². The van der Waals surface area contributed by atoms with E-state index in [4.69, 9.17) is 22.7 Å². The number of para-hydroxylation sites is 1. The number of thiocarbonyl (C=S) groups is 1.